The summed E-state index contributed by atoms with van der Waals surface area (Å²) in [7, 11) is 1.30. The second kappa shape index (κ2) is 5.43. The molecule has 2 unspecified atom stereocenters. The maximum Gasteiger partial charge on any atom is 0.340 e. The van der Waals surface area contributed by atoms with Gasteiger partial charge in [0.1, 0.15) is 5.82 Å². The van der Waals surface area contributed by atoms with Crippen LogP contribution in [0.3, 0.4) is 0 Å². The molecule has 2 atom stereocenters. The molecule has 1 N–H and O–H groups in total. The van der Waals surface area contributed by atoms with Crippen LogP contribution in [0.25, 0.3) is 0 Å². The van der Waals surface area contributed by atoms with Gasteiger partial charge in [0.15, 0.2) is 0 Å². The van der Waals surface area contributed by atoms with E-state index in [0.29, 0.717) is 23.1 Å². The van der Waals surface area contributed by atoms with E-state index >= 15 is 0 Å². The Labute approximate surface area is 119 Å². The number of nitrogens with one attached hydrogen (secondary N) is 1. The second-order valence-electron chi connectivity index (χ2n) is 6.48. The van der Waals surface area contributed by atoms with Gasteiger partial charge in [0.05, 0.1) is 12.7 Å². The van der Waals surface area contributed by atoms with E-state index in [2.05, 4.69) is 26.1 Å². The van der Waals surface area contributed by atoms with Gasteiger partial charge in [-0.15, -0.1) is 0 Å². The molecule has 0 spiro atoms. The van der Waals surface area contributed by atoms with Crippen molar-refractivity contribution in [3.05, 3.63) is 29.6 Å². The lowest BCUT2D eigenvalue weighted by molar-refractivity contribution is 0.0601. The van der Waals surface area contributed by atoms with E-state index in [4.69, 9.17) is 4.74 Å². The van der Waals surface area contributed by atoms with Crippen molar-refractivity contribution < 1.29 is 13.9 Å². The van der Waals surface area contributed by atoms with E-state index in [1.165, 1.54) is 19.2 Å². The molecule has 1 fully saturated rings. The average molecular weight is 279 g/mol. The zero-order valence-corrected chi connectivity index (χ0v) is 12.5. The van der Waals surface area contributed by atoms with Gasteiger partial charge in [-0.3, -0.25) is 0 Å². The Bertz CT molecular complexity index is 513. The molecule has 2 rings (SSSR count). The van der Waals surface area contributed by atoms with E-state index in [1.807, 2.05) is 0 Å². The van der Waals surface area contributed by atoms with Crippen LogP contribution in [-0.2, 0) is 4.74 Å². The molecule has 1 aromatic rings. The lowest BCUT2D eigenvalue weighted by Gasteiger charge is -2.21. The molecule has 1 saturated carbocycles. The van der Waals surface area contributed by atoms with Crippen LogP contribution >= 0.6 is 0 Å². The summed E-state index contributed by atoms with van der Waals surface area (Å²) in [5.41, 5.74) is 1.19. The van der Waals surface area contributed by atoms with Crippen LogP contribution in [-0.4, -0.2) is 19.1 Å². The number of ether oxygens (including phenoxy) is 1. The summed E-state index contributed by atoms with van der Waals surface area (Å²) in [5.74, 6) is -0.437. The first kappa shape index (κ1) is 14.8. The average Bonchev–Trinajstić information content (AvgIpc) is 2.63. The van der Waals surface area contributed by atoms with Crippen molar-refractivity contribution in [1.29, 1.82) is 0 Å². The summed E-state index contributed by atoms with van der Waals surface area (Å²) < 4.78 is 18.0. The van der Waals surface area contributed by atoms with Crippen molar-refractivity contribution in [3.63, 3.8) is 0 Å². The van der Waals surface area contributed by atoms with Gasteiger partial charge < -0.3 is 10.1 Å². The first-order valence-electron chi connectivity index (χ1n) is 6.97. The highest BCUT2D eigenvalue weighted by Crippen LogP contribution is 2.42. The third-order valence-electron chi connectivity index (χ3n) is 4.06. The lowest BCUT2D eigenvalue weighted by atomic mass is 9.91. The van der Waals surface area contributed by atoms with Crippen LogP contribution in [0.15, 0.2) is 18.2 Å². The highest BCUT2D eigenvalue weighted by Gasteiger charge is 2.37. The van der Waals surface area contributed by atoms with Gasteiger partial charge in [0.25, 0.3) is 0 Å². The molecule has 0 radical (unpaired) electrons. The van der Waals surface area contributed by atoms with E-state index < -0.39 is 11.8 Å². The van der Waals surface area contributed by atoms with Crippen LogP contribution in [0.4, 0.5) is 10.1 Å². The molecule has 0 aliphatic heterocycles. The van der Waals surface area contributed by atoms with E-state index in [-0.39, 0.29) is 5.56 Å². The standard InChI is InChI=1S/C16H22FNO2/c1-10-8-16(2,3)9-14(10)18-13-6-5-11(17)7-12(13)15(19)20-4/h5-7,10,14,18H,8-9H2,1-4H3. The molecule has 4 heteroatoms. The summed E-state index contributed by atoms with van der Waals surface area (Å²) in [4.78, 5) is 11.7. The van der Waals surface area contributed by atoms with E-state index in [9.17, 15) is 9.18 Å². The van der Waals surface area contributed by atoms with Crippen molar-refractivity contribution >= 4 is 11.7 Å². The molecule has 110 valence electrons. The Hall–Kier alpha value is -1.58. The molecular formula is C16H22FNO2. The number of hydrogen-bond acceptors (Lipinski definition) is 3. The molecule has 1 aliphatic carbocycles. The number of carbonyl (C=O) groups excluding carboxylic acids is 1. The van der Waals surface area contributed by atoms with Crippen molar-refractivity contribution in [1.82, 2.24) is 0 Å². The Morgan fingerprint density at radius 3 is 2.65 bits per heavy atom. The molecule has 1 aliphatic rings. The Balaban J connectivity index is 2.23. The minimum Gasteiger partial charge on any atom is -0.465 e. The summed E-state index contributed by atoms with van der Waals surface area (Å²) in [6.07, 6.45) is 2.17. The van der Waals surface area contributed by atoms with Crippen LogP contribution in [0, 0.1) is 17.2 Å². The van der Waals surface area contributed by atoms with Crippen molar-refractivity contribution in [2.24, 2.45) is 11.3 Å². The van der Waals surface area contributed by atoms with Crippen LogP contribution in [0.2, 0.25) is 0 Å². The molecule has 20 heavy (non-hydrogen) atoms. The normalized spacial score (nSPS) is 24.4. The maximum atomic E-state index is 13.3. The number of methoxy groups -OCH3 is 1. The molecule has 0 heterocycles. The predicted octanol–water partition coefficient (Wildman–Crippen LogP) is 3.85. The summed E-state index contributed by atoms with van der Waals surface area (Å²) in [6.45, 7) is 6.70. The number of rotatable bonds is 3. The van der Waals surface area contributed by atoms with Gasteiger partial charge in [-0.05, 0) is 42.4 Å². The molecule has 0 bridgehead atoms. The maximum absolute atomic E-state index is 13.3. The number of hydrogen-bond donors (Lipinski definition) is 1. The topological polar surface area (TPSA) is 38.3 Å². The minimum atomic E-state index is -0.517. The van der Waals surface area contributed by atoms with Gasteiger partial charge in [-0.25, -0.2) is 9.18 Å². The van der Waals surface area contributed by atoms with Gasteiger partial charge in [0.2, 0.25) is 0 Å². The van der Waals surface area contributed by atoms with E-state index in [1.54, 1.807) is 6.07 Å². The zero-order valence-electron chi connectivity index (χ0n) is 12.5. The van der Waals surface area contributed by atoms with Crippen molar-refractivity contribution in [3.8, 4) is 0 Å². The molecule has 0 aromatic heterocycles. The number of esters is 1. The highest BCUT2D eigenvalue weighted by atomic mass is 19.1. The zero-order chi connectivity index (χ0) is 14.9. The highest BCUT2D eigenvalue weighted by molar-refractivity contribution is 5.95. The molecule has 0 amide bonds. The molecule has 1 aromatic carbocycles. The van der Waals surface area contributed by atoms with Gasteiger partial charge in [-0.1, -0.05) is 20.8 Å². The van der Waals surface area contributed by atoms with Crippen LogP contribution < -0.4 is 5.32 Å². The fourth-order valence-electron chi connectivity index (χ4n) is 3.21. The SMILES string of the molecule is COC(=O)c1cc(F)ccc1NC1CC(C)(C)CC1C. The number of benzene rings is 1. The Kier molecular flexibility index (Phi) is 4.02. The molecule has 3 nitrogen and oxygen atoms in total. The Morgan fingerprint density at radius 1 is 1.40 bits per heavy atom. The predicted molar refractivity (Wildman–Crippen MR) is 77.3 cm³/mol. The largest absolute Gasteiger partial charge is 0.465 e. The summed E-state index contributed by atoms with van der Waals surface area (Å²) in [6, 6.07) is 4.48. The monoisotopic (exact) mass is 279 g/mol. The first-order valence-corrected chi connectivity index (χ1v) is 6.97. The summed E-state index contributed by atoms with van der Waals surface area (Å²) >= 11 is 0. The van der Waals surface area contributed by atoms with Crippen molar-refractivity contribution in [2.45, 2.75) is 39.7 Å². The molecular weight excluding hydrogens is 257 g/mol. The smallest absolute Gasteiger partial charge is 0.340 e. The first-order chi connectivity index (χ1) is 9.32. The third kappa shape index (κ3) is 3.11. The second-order valence-corrected chi connectivity index (χ2v) is 6.48. The summed E-state index contributed by atoms with van der Waals surface area (Å²) in [5, 5.41) is 3.39. The number of halogens is 1. The Morgan fingerprint density at radius 2 is 2.10 bits per heavy atom. The van der Waals surface area contributed by atoms with Crippen LogP contribution in [0.1, 0.15) is 44.0 Å². The number of carbonyl (C=O) groups is 1. The third-order valence-corrected chi connectivity index (χ3v) is 4.06. The number of anilines is 1. The van der Waals surface area contributed by atoms with E-state index in [0.717, 1.165) is 12.8 Å². The molecule has 0 saturated heterocycles. The quantitative estimate of drug-likeness (QED) is 0.854. The van der Waals surface area contributed by atoms with Crippen LogP contribution in [0.5, 0.6) is 0 Å². The minimum absolute atomic E-state index is 0.254. The van der Waals surface area contributed by atoms with Gasteiger partial charge in [0, 0.05) is 11.7 Å². The lowest BCUT2D eigenvalue weighted by Crippen LogP contribution is -2.24. The van der Waals surface area contributed by atoms with Gasteiger partial charge in [-0.2, -0.15) is 0 Å². The van der Waals surface area contributed by atoms with Crippen molar-refractivity contribution in [2.75, 3.05) is 12.4 Å². The fourth-order valence-corrected chi connectivity index (χ4v) is 3.21. The van der Waals surface area contributed by atoms with Gasteiger partial charge >= 0.3 is 5.97 Å². The fraction of sp³-hybridized carbons (Fsp3) is 0.562.